The Morgan fingerprint density at radius 3 is 3.05 bits per heavy atom. The SMILES string of the molecule is CCCO[C@H]1CCCN(CCC(=O)Nc2ccccc2Cl)C1. The maximum absolute atomic E-state index is 12.0. The van der Waals surface area contributed by atoms with Gasteiger partial charge < -0.3 is 15.0 Å². The lowest BCUT2D eigenvalue weighted by Gasteiger charge is -2.32. The molecule has 1 heterocycles. The predicted octanol–water partition coefficient (Wildman–Crippen LogP) is 3.56. The zero-order valence-electron chi connectivity index (χ0n) is 13.2. The standard InChI is InChI=1S/C17H25ClN2O2/c1-2-12-22-14-6-5-10-20(13-14)11-9-17(21)19-16-8-4-3-7-15(16)18/h3-4,7-8,14H,2,5-6,9-13H2,1H3,(H,19,21)/t14-/m0/s1. The highest BCUT2D eigenvalue weighted by Gasteiger charge is 2.20. The van der Waals surface area contributed by atoms with Crippen LogP contribution < -0.4 is 5.32 Å². The normalized spacial score (nSPS) is 19.1. The van der Waals surface area contributed by atoms with E-state index in [-0.39, 0.29) is 5.91 Å². The third-order valence-electron chi connectivity index (χ3n) is 3.82. The molecule has 0 spiro atoms. The maximum Gasteiger partial charge on any atom is 0.225 e. The topological polar surface area (TPSA) is 41.6 Å². The van der Waals surface area contributed by atoms with Gasteiger partial charge in [-0.2, -0.15) is 0 Å². The first-order valence-electron chi connectivity index (χ1n) is 8.07. The van der Waals surface area contributed by atoms with Crippen molar-refractivity contribution in [3.63, 3.8) is 0 Å². The predicted molar refractivity (Wildman–Crippen MR) is 90.4 cm³/mol. The molecule has 1 fully saturated rings. The van der Waals surface area contributed by atoms with Gasteiger partial charge in [0.1, 0.15) is 0 Å². The second kappa shape index (κ2) is 9.13. The summed E-state index contributed by atoms with van der Waals surface area (Å²) in [6.45, 7) is 5.69. The first-order chi connectivity index (χ1) is 10.7. The second-order valence-electron chi connectivity index (χ2n) is 5.71. The molecular formula is C17H25ClN2O2. The minimum Gasteiger partial charge on any atom is -0.377 e. The molecule has 5 heteroatoms. The van der Waals surface area contributed by atoms with Crippen molar-refractivity contribution in [3.8, 4) is 0 Å². The summed E-state index contributed by atoms with van der Waals surface area (Å²) < 4.78 is 5.82. The molecular weight excluding hydrogens is 300 g/mol. The van der Waals surface area contributed by atoms with E-state index in [4.69, 9.17) is 16.3 Å². The molecule has 1 saturated heterocycles. The molecule has 1 aliphatic rings. The van der Waals surface area contributed by atoms with Gasteiger partial charge in [-0.05, 0) is 37.9 Å². The number of hydrogen-bond donors (Lipinski definition) is 1. The zero-order valence-corrected chi connectivity index (χ0v) is 13.9. The van der Waals surface area contributed by atoms with Crippen molar-refractivity contribution in [1.82, 2.24) is 4.90 Å². The van der Waals surface area contributed by atoms with Gasteiger partial charge >= 0.3 is 0 Å². The van der Waals surface area contributed by atoms with Crippen LogP contribution in [0.4, 0.5) is 5.69 Å². The van der Waals surface area contributed by atoms with Gasteiger partial charge in [0.2, 0.25) is 5.91 Å². The number of piperidine rings is 1. The fraction of sp³-hybridized carbons (Fsp3) is 0.588. The van der Waals surface area contributed by atoms with Gasteiger partial charge in [-0.15, -0.1) is 0 Å². The fourth-order valence-corrected chi connectivity index (χ4v) is 2.85. The molecule has 1 aromatic rings. The smallest absolute Gasteiger partial charge is 0.225 e. The Morgan fingerprint density at radius 1 is 1.45 bits per heavy atom. The number of carbonyl (C=O) groups excluding carboxylic acids is 1. The Hall–Kier alpha value is -1.10. The highest BCUT2D eigenvalue weighted by atomic mass is 35.5. The number of anilines is 1. The van der Waals surface area contributed by atoms with E-state index < -0.39 is 0 Å². The molecule has 22 heavy (non-hydrogen) atoms. The third-order valence-corrected chi connectivity index (χ3v) is 4.15. The van der Waals surface area contributed by atoms with Gasteiger partial charge in [0.05, 0.1) is 16.8 Å². The van der Waals surface area contributed by atoms with E-state index in [1.54, 1.807) is 6.07 Å². The van der Waals surface area contributed by atoms with Gasteiger partial charge in [-0.25, -0.2) is 0 Å². The monoisotopic (exact) mass is 324 g/mol. The third kappa shape index (κ3) is 5.59. The molecule has 2 rings (SSSR count). The molecule has 0 saturated carbocycles. The number of amides is 1. The van der Waals surface area contributed by atoms with Crippen LogP contribution in [-0.4, -0.2) is 43.2 Å². The summed E-state index contributed by atoms with van der Waals surface area (Å²) >= 11 is 6.04. The van der Waals surface area contributed by atoms with E-state index >= 15 is 0 Å². The Balaban J connectivity index is 1.73. The number of hydrogen-bond acceptors (Lipinski definition) is 3. The van der Waals surface area contributed by atoms with Crippen LogP contribution in [0.15, 0.2) is 24.3 Å². The Morgan fingerprint density at radius 2 is 2.27 bits per heavy atom. The van der Waals surface area contributed by atoms with Crippen LogP contribution in [0.2, 0.25) is 5.02 Å². The van der Waals surface area contributed by atoms with Crippen LogP contribution >= 0.6 is 11.6 Å². The van der Waals surface area contributed by atoms with Crippen LogP contribution in [0.1, 0.15) is 32.6 Å². The summed E-state index contributed by atoms with van der Waals surface area (Å²) in [7, 11) is 0. The van der Waals surface area contributed by atoms with E-state index in [1.807, 2.05) is 18.2 Å². The van der Waals surface area contributed by atoms with Crippen molar-refractivity contribution < 1.29 is 9.53 Å². The van der Waals surface area contributed by atoms with Crippen LogP contribution in [0.25, 0.3) is 0 Å². The van der Waals surface area contributed by atoms with Crippen LogP contribution in [-0.2, 0) is 9.53 Å². The summed E-state index contributed by atoms with van der Waals surface area (Å²) in [5.41, 5.74) is 0.678. The lowest BCUT2D eigenvalue weighted by atomic mass is 10.1. The highest BCUT2D eigenvalue weighted by Crippen LogP contribution is 2.20. The second-order valence-corrected chi connectivity index (χ2v) is 6.12. The highest BCUT2D eigenvalue weighted by molar-refractivity contribution is 6.33. The number of ether oxygens (including phenoxy) is 1. The number of nitrogens with zero attached hydrogens (tertiary/aromatic N) is 1. The minimum atomic E-state index is 0.00435. The molecule has 1 aromatic carbocycles. The van der Waals surface area contributed by atoms with Gasteiger partial charge in [-0.1, -0.05) is 30.7 Å². The van der Waals surface area contributed by atoms with Crippen LogP contribution in [0.3, 0.4) is 0 Å². The molecule has 4 nitrogen and oxygen atoms in total. The number of benzene rings is 1. The zero-order chi connectivity index (χ0) is 15.8. The van der Waals surface area contributed by atoms with E-state index in [1.165, 1.54) is 0 Å². The molecule has 1 aliphatic heterocycles. The van der Waals surface area contributed by atoms with Crippen molar-refractivity contribution in [2.75, 3.05) is 31.6 Å². The summed E-state index contributed by atoms with van der Waals surface area (Å²) in [5.74, 6) is 0.00435. The Labute approximate surface area is 137 Å². The van der Waals surface area contributed by atoms with Crippen molar-refractivity contribution in [3.05, 3.63) is 29.3 Å². The maximum atomic E-state index is 12.0. The van der Waals surface area contributed by atoms with Gasteiger partial charge in [0.15, 0.2) is 0 Å². The fourth-order valence-electron chi connectivity index (χ4n) is 2.67. The molecule has 1 amide bonds. The summed E-state index contributed by atoms with van der Waals surface area (Å²) in [5, 5.41) is 3.44. The number of para-hydroxylation sites is 1. The van der Waals surface area contributed by atoms with Crippen molar-refractivity contribution >= 4 is 23.2 Å². The van der Waals surface area contributed by atoms with Crippen molar-refractivity contribution in [1.29, 1.82) is 0 Å². The van der Waals surface area contributed by atoms with E-state index in [0.717, 1.165) is 45.5 Å². The van der Waals surface area contributed by atoms with Crippen LogP contribution in [0, 0.1) is 0 Å². The Bertz CT molecular complexity index is 481. The summed E-state index contributed by atoms with van der Waals surface area (Å²) in [6.07, 6.45) is 4.12. The molecule has 1 N–H and O–H groups in total. The first-order valence-corrected chi connectivity index (χ1v) is 8.45. The van der Waals surface area contributed by atoms with E-state index in [0.29, 0.717) is 23.2 Å². The molecule has 0 aromatic heterocycles. The number of nitrogens with one attached hydrogen (secondary N) is 1. The molecule has 0 bridgehead atoms. The molecule has 0 aliphatic carbocycles. The van der Waals surface area contributed by atoms with Crippen molar-refractivity contribution in [2.45, 2.75) is 38.7 Å². The lowest BCUT2D eigenvalue weighted by molar-refractivity contribution is -0.116. The van der Waals surface area contributed by atoms with E-state index in [2.05, 4.69) is 17.1 Å². The molecule has 0 radical (unpaired) electrons. The van der Waals surface area contributed by atoms with Gasteiger partial charge in [-0.3, -0.25) is 4.79 Å². The van der Waals surface area contributed by atoms with Crippen molar-refractivity contribution in [2.24, 2.45) is 0 Å². The largest absolute Gasteiger partial charge is 0.377 e. The quantitative estimate of drug-likeness (QED) is 0.833. The minimum absolute atomic E-state index is 0.00435. The number of carbonyl (C=O) groups is 1. The number of halogens is 1. The average molecular weight is 325 g/mol. The molecule has 122 valence electrons. The van der Waals surface area contributed by atoms with E-state index in [9.17, 15) is 4.79 Å². The first kappa shape index (κ1) is 17.3. The van der Waals surface area contributed by atoms with Gasteiger partial charge in [0, 0.05) is 26.1 Å². The summed E-state index contributed by atoms with van der Waals surface area (Å²) in [4.78, 5) is 14.3. The molecule has 0 unspecified atom stereocenters. The number of rotatable bonds is 7. The van der Waals surface area contributed by atoms with Gasteiger partial charge in [0.25, 0.3) is 0 Å². The lowest BCUT2D eigenvalue weighted by Crippen LogP contribution is -2.41. The summed E-state index contributed by atoms with van der Waals surface area (Å²) in [6, 6.07) is 7.30. The average Bonchev–Trinajstić information content (AvgIpc) is 2.53. The molecule has 1 atom stereocenters. The Kier molecular flexibility index (Phi) is 7.16. The number of likely N-dealkylation sites (tertiary alicyclic amines) is 1. The van der Waals surface area contributed by atoms with Crippen LogP contribution in [0.5, 0.6) is 0 Å².